The normalized spacial score (nSPS) is 10.3. The highest BCUT2D eigenvalue weighted by atomic mass is 16.5. The van der Waals surface area contributed by atoms with Crippen molar-refractivity contribution in [3.05, 3.63) is 65.6 Å². The second-order valence-corrected chi connectivity index (χ2v) is 4.90. The molecule has 0 aliphatic carbocycles. The van der Waals surface area contributed by atoms with Crippen LogP contribution < -0.4 is 5.32 Å². The molecule has 3 aromatic rings. The molecule has 0 saturated carbocycles. The summed E-state index contributed by atoms with van der Waals surface area (Å²) >= 11 is 0. The summed E-state index contributed by atoms with van der Waals surface area (Å²) in [6.07, 6.45) is 1.77. The number of anilines is 1. The zero-order chi connectivity index (χ0) is 16.2. The first-order chi connectivity index (χ1) is 11.2. The van der Waals surface area contributed by atoms with E-state index in [1.165, 1.54) is 0 Å². The van der Waals surface area contributed by atoms with Gasteiger partial charge in [-0.05, 0) is 30.3 Å². The molecule has 1 N–H and O–H groups in total. The molecule has 0 saturated heterocycles. The van der Waals surface area contributed by atoms with Crippen LogP contribution in [0.15, 0.2) is 47.1 Å². The van der Waals surface area contributed by atoms with Crippen LogP contribution in [0.3, 0.4) is 0 Å². The molecule has 2 heterocycles. The number of nitrogens with zero attached hydrogens (tertiary/aromatic N) is 4. The molecule has 2 aromatic heterocycles. The number of hydrogen-bond donors (Lipinski definition) is 1. The summed E-state index contributed by atoms with van der Waals surface area (Å²) in [4.78, 5) is 16.5. The van der Waals surface area contributed by atoms with Crippen LogP contribution in [0.5, 0.6) is 0 Å². The lowest BCUT2D eigenvalue weighted by molar-refractivity contribution is 0.101. The molecule has 7 nitrogen and oxygen atoms in total. The number of nitriles is 1. The van der Waals surface area contributed by atoms with Gasteiger partial charge in [0.25, 0.3) is 5.91 Å². The van der Waals surface area contributed by atoms with Crippen LogP contribution in [0, 0.1) is 18.3 Å². The van der Waals surface area contributed by atoms with Gasteiger partial charge in [-0.2, -0.15) is 10.2 Å². The summed E-state index contributed by atoms with van der Waals surface area (Å²) < 4.78 is 6.66. The average molecular weight is 307 g/mol. The van der Waals surface area contributed by atoms with Crippen LogP contribution in [0.1, 0.15) is 27.8 Å². The maximum atomic E-state index is 12.4. The van der Waals surface area contributed by atoms with E-state index in [0.717, 1.165) is 0 Å². The number of amides is 1. The predicted molar refractivity (Wildman–Crippen MR) is 81.7 cm³/mol. The molecule has 0 radical (unpaired) electrons. The Bertz CT molecular complexity index is 888. The standard InChI is InChI=1S/C16H13N5O2/c1-11-18-15(20-23-11)10-21-7-3-6-14(21)16(22)19-13-5-2-4-12(8-13)9-17/h2-8H,10H2,1H3,(H,19,22). The van der Waals surface area contributed by atoms with Gasteiger partial charge in [-0.3, -0.25) is 4.79 Å². The van der Waals surface area contributed by atoms with E-state index in [9.17, 15) is 4.79 Å². The average Bonchev–Trinajstić information content (AvgIpc) is 3.17. The van der Waals surface area contributed by atoms with Crippen molar-refractivity contribution in [2.75, 3.05) is 5.32 Å². The van der Waals surface area contributed by atoms with Crippen molar-refractivity contribution in [2.45, 2.75) is 13.5 Å². The Hall–Kier alpha value is -3.40. The Labute approximate surface area is 132 Å². The Morgan fingerprint density at radius 1 is 1.39 bits per heavy atom. The highest BCUT2D eigenvalue weighted by Gasteiger charge is 2.13. The molecule has 0 spiro atoms. The molecule has 0 aliphatic rings. The largest absolute Gasteiger partial charge is 0.340 e. The molecule has 7 heteroatoms. The number of aromatic nitrogens is 3. The molecule has 1 aromatic carbocycles. The predicted octanol–water partition coefficient (Wildman–Crippen LogP) is 2.35. The molecule has 114 valence electrons. The number of carbonyl (C=O) groups excluding carboxylic acids is 1. The molecule has 1 amide bonds. The van der Waals surface area contributed by atoms with Crippen molar-refractivity contribution in [3.8, 4) is 6.07 Å². The summed E-state index contributed by atoms with van der Waals surface area (Å²) in [5.41, 5.74) is 1.52. The third kappa shape index (κ3) is 3.27. The fourth-order valence-corrected chi connectivity index (χ4v) is 2.18. The van der Waals surface area contributed by atoms with E-state index in [1.54, 1.807) is 54.1 Å². The van der Waals surface area contributed by atoms with Crippen LogP contribution in [-0.4, -0.2) is 20.6 Å². The quantitative estimate of drug-likeness (QED) is 0.798. The molecule has 0 aliphatic heterocycles. The molecule has 0 bridgehead atoms. The van der Waals surface area contributed by atoms with E-state index in [4.69, 9.17) is 9.78 Å². The second-order valence-electron chi connectivity index (χ2n) is 4.90. The fourth-order valence-electron chi connectivity index (χ4n) is 2.18. The third-order valence-corrected chi connectivity index (χ3v) is 3.19. The minimum absolute atomic E-state index is 0.273. The van der Waals surface area contributed by atoms with E-state index in [1.807, 2.05) is 6.07 Å². The van der Waals surface area contributed by atoms with Gasteiger partial charge in [0.15, 0.2) is 5.82 Å². The van der Waals surface area contributed by atoms with Gasteiger partial charge in [0.1, 0.15) is 5.69 Å². The lowest BCUT2D eigenvalue weighted by Crippen LogP contribution is -2.17. The third-order valence-electron chi connectivity index (χ3n) is 3.19. The van der Waals surface area contributed by atoms with Gasteiger partial charge >= 0.3 is 0 Å². The van der Waals surface area contributed by atoms with E-state index in [0.29, 0.717) is 35.2 Å². The van der Waals surface area contributed by atoms with Gasteiger partial charge in [0.05, 0.1) is 18.2 Å². The monoisotopic (exact) mass is 307 g/mol. The van der Waals surface area contributed by atoms with Crippen molar-refractivity contribution in [1.29, 1.82) is 5.26 Å². The number of nitrogens with one attached hydrogen (secondary N) is 1. The van der Waals surface area contributed by atoms with Crippen LogP contribution in [-0.2, 0) is 6.54 Å². The summed E-state index contributed by atoms with van der Waals surface area (Å²) in [5, 5.41) is 15.5. The Morgan fingerprint density at radius 2 is 2.26 bits per heavy atom. The first-order valence-electron chi connectivity index (χ1n) is 6.91. The van der Waals surface area contributed by atoms with Gasteiger partial charge in [-0.15, -0.1) is 0 Å². The van der Waals surface area contributed by atoms with Gasteiger partial charge in [0, 0.05) is 18.8 Å². The highest BCUT2D eigenvalue weighted by Crippen LogP contribution is 2.13. The second kappa shape index (κ2) is 6.15. The van der Waals surface area contributed by atoms with Crippen LogP contribution in [0.4, 0.5) is 5.69 Å². The zero-order valence-electron chi connectivity index (χ0n) is 12.4. The number of hydrogen-bond acceptors (Lipinski definition) is 5. The smallest absolute Gasteiger partial charge is 0.272 e. The van der Waals surface area contributed by atoms with Crippen LogP contribution >= 0.6 is 0 Å². The van der Waals surface area contributed by atoms with Crippen molar-refractivity contribution in [2.24, 2.45) is 0 Å². The molecule has 3 rings (SSSR count). The molecule has 23 heavy (non-hydrogen) atoms. The van der Waals surface area contributed by atoms with Crippen LogP contribution in [0.2, 0.25) is 0 Å². The topological polar surface area (TPSA) is 96.7 Å². The lowest BCUT2D eigenvalue weighted by Gasteiger charge is -2.08. The van der Waals surface area contributed by atoms with Gasteiger partial charge in [-0.1, -0.05) is 11.2 Å². The SMILES string of the molecule is Cc1nc(Cn2cccc2C(=O)Nc2cccc(C#N)c2)no1. The summed E-state index contributed by atoms with van der Waals surface area (Å²) in [6, 6.07) is 12.3. The number of benzene rings is 1. The van der Waals surface area contributed by atoms with Crippen molar-refractivity contribution < 1.29 is 9.32 Å². The Balaban J connectivity index is 1.78. The van der Waals surface area contributed by atoms with Gasteiger partial charge in [-0.25, -0.2) is 0 Å². The molecule has 0 fully saturated rings. The van der Waals surface area contributed by atoms with E-state index in [2.05, 4.69) is 15.5 Å². The summed E-state index contributed by atoms with van der Waals surface area (Å²) in [6.45, 7) is 2.05. The first-order valence-corrected chi connectivity index (χ1v) is 6.91. The molecular formula is C16H13N5O2. The maximum Gasteiger partial charge on any atom is 0.272 e. The van der Waals surface area contributed by atoms with Gasteiger partial charge < -0.3 is 14.4 Å². The minimum atomic E-state index is -0.273. The number of aryl methyl sites for hydroxylation is 1. The fraction of sp³-hybridized carbons (Fsp3) is 0.125. The minimum Gasteiger partial charge on any atom is -0.340 e. The van der Waals surface area contributed by atoms with Crippen molar-refractivity contribution >= 4 is 11.6 Å². The van der Waals surface area contributed by atoms with Crippen molar-refractivity contribution in [1.82, 2.24) is 14.7 Å². The van der Waals surface area contributed by atoms with E-state index in [-0.39, 0.29) is 5.91 Å². The van der Waals surface area contributed by atoms with E-state index >= 15 is 0 Å². The lowest BCUT2D eigenvalue weighted by atomic mass is 10.2. The molecular weight excluding hydrogens is 294 g/mol. The Morgan fingerprint density at radius 3 is 3.00 bits per heavy atom. The first kappa shape index (κ1) is 14.5. The van der Waals surface area contributed by atoms with Crippen LogP contribution in [0.25, 0.3) is 0 Å². The van der Waals surface area contributed by atoms with Crippen molar-refractivity contribution in [3.63, 3.8) is 0 Å². The summed E-state index contributed by atoms with van der Waals surface area (Å²) in [5.74, 6) is 0.705. The highest BCUT2D eigenvalue weighted by molar-refractivity contribution is 6.03. The van der Waals surface area contributed by atoms with E-state index < -0.39 is 0 Å². The molecule has 0 unspecified atom stereocenters. The molecule has 0 atom stereocenters. The maximum absolute atomic E-state index is 12.4. The number of carbonyl (C=O) groups is 1. The number of rotatable bonds is 4. The van der Waals surface area contributed by atoms with Gasteiger partial charge in [0.2, 0.25) is 5.89 Å². The summed E-state index contributed by atoms with van der Waals surface area (Å²) in [7, 11) is 0. The zero-order valence-corrected chi connectivity index (χ0v) is 12.4. The Kier molecular flexibility index (Phi) is 3.89.